The molecule has 1 aliphatic rings. The third-order valence-corrected chi connectivity index (χ3v) is 4.96. The van der Waals surface area contributed by atoms with Crippen molar-refractivity contribution in [3.05, 3.63) is 0 Å². The summed E-state index contributed by atoms with van der Waals surface area (Å²) in [5.41, 5.74) is 0. The van der Waals surface area contributed by atoms with E-state index in [0.29, 0.717) is 6.61 Å². The maximum Gasteiger partial charge on any atom is 0.191 e. The summed E-state index contributed by atoms with van der Waals surface area (Å²) in [4.78, 5) is 4.81. The standard InChI is InChI=1S/C15H31N3O2S/c1-5-16-14(18-13(3)11-19-4)17-12-15(21-6-2)7-9-20-10-8-15/h13H,5-12H2,1-4H3,(H2,16,17,18). The highest BCUT2D eigenvalue weighted by Crippen LogP contribution is 2.35. The molecule has 21 heavy (non-hydrogen) atoms. The number of nitrogens with zero attached hydrogens (tertiary/aromatic N) is 1. The first-order valence-electron chi connectivity index (χ1n) is 7.91. The van der Waals surface area contributed by atoms with Gasteiger partial charge in [0.15, 0.2) is 5.96 Å². The third kappa shape index (κ3) is 6.89. The Morgan fingerprint density at radius 3 is 2.67 bits per heavy atom. The van der Waals surface area contributed by atoms with E-state index in [4.69, 9.17) is 14.5 Å². The summed E-state index contributed by atoms with van der Waals surface area (Å²) in [6, 6.07) is 0.247. The second-order valence-electron chi connectivity index (χ2n) is 5.42. The van der Waals surface area contributed by atoms with Crippen LogP contribution in [0.5, 0.6) is 0 Å². The highest BCUT2D eigenvalue weighted by atomic mass is 32.2. The fraction of sp³-hybridized carbons (Fsp3) is 0.933. The van der Waals surface area contributed by atoms with Crippen molar-refractivity contribution in [1.82, 2.24) is 10.6 Å². The lowest BCUT2D eigenvalue weighted by molar-refractivity contribution is 0.0793. The molecule has 2 N–H and O–H groups in total. The van der Waals surface area contributed by atoms with Crippen molar-refractivity contribution < 1.29 is 9.47 Å². The summed E-state index contributed by atoms with van der Waals surface area (Å²) in [5, 5.41) is 6.70. The van der Waals surface area contributed by atoms with Crippen LogP contribution in [0.15, 0.2) is 4.99 Å². The van der Waals surface area contributed by atoms with Crippen molar-refractivity contribution in [2.24, 2.45) is 4.99 Å². The quantitative estimate of drug-likeness (QED) is 0.529. The van der Waals surface area contributed by atoms with Gasteiger partial charge in [-0.1, -0.05) is 6.92 Å². The van der Waals surface area contributed by atoms with Crippen LogP contribution in [0.4, 0.5) is 0 Å². The van der Waals surface area contributed by atoms with E-state index < -0.39 is 0 Å². The Morgan fingerprint density at radius 1 is 1.38 bits per heavy atom. The zero-order chi connectivity index (χ0) is 15.6. The summed E-state index contributed by atoms with van der Waals surface area (Å²) in [6.07, 6.45) is 2.17. The summed E-state index contributed by atoms with van der Waals surface area (Å²) in [7, 11) is 1.72. The third-order valence-electron chi connectivity index (χ3n) is 3.52. The summed E-state index contributed by atoms with van der Waals surface area (Å²) >= 11 is 2.02. The van der Waals surface area contributed by atoms with Gasteiger partial charge < -0.3 is 20.1 Å². The molecule has 6 heteroatoms. The molecule has 1 saturated heterocycles. The topological polar surface area (TPSA) is 54.9 Å². The summed E-state index contributed by atoms with van der Waals surface area (Å²) in [5.74, 6) is 2.00. The van der Waals surface area contributed by atoms with Crippen molar-refractivity contribution in [3.63, 3.8) is 0 Å². The lowest BCUT2D eigenvalue weighted by Gasteiger charge is -2.35. The van der Waals surface area contributed by atoms with Crippen molar-refractivity contribution in [2.45, 2.75) is 44.4 Å². The number of nitrogens with one attached hydrogen (secondary N) is 2. The first kappa shape index (κ1) is 18.6. The molecule has 0 spiro atoms. The number of guanidine groups is 1. The molecule has 1 heterocycles. The van der Waals surface area contributed by atoms with E-state index in [1.54, 1.807) is 7.11 Å². The Balaban J connectivity index is 2.64. The van der Waals surface area contributed by atoms with Crippen LogP contribution >= 0.6 is 11.8 Å². The molecule has 0 saturated carbocycles. The van der Waals surface area contributed by atoms with Crippen LogP contribution in [0.1, 0.15) is 33.6 Å². The van der Waals surface area contributed by atoms with Crippen LogP contribution in [0.2, 0.25) is 0 Å². The minimum Gasteiger partial charge on any atom is -0.383 e. The normalized spacial score (nSPS) is 20.1. The Hall–Kier alpha value is -0.460. The fourth-order valence-electron chi connectivity index (χ4n) is 2.47. The van der Waals surface area contributed by atoms with Gasteiger partial charge in [0.1, 0.15) is 0 Å². The summed E-state index contributed by atoms with van der Waals surface area (Å²) in [6.45, 7) is 10.5. The van der Waals surface area contributed by atoms with E-state index in [-0.39, 0.29) is 10.8 Å². The maximum absolute atomic E-state index is 5.51. The Kier molecular flexibility index (Phi) is 9.11. The fourth-order valence-corrected chi connectivity index (χ4v) is 3.69. The molecule has 1 rings (SSSR count). The molecule has 0 bridgehead atoms. The second-order valence-corrected chi connectivity index (χ2v) is 7.16. The van der Waals surface area contributed by atoms with Crippen LogP contribution in [0, 0.1) is 0 Å². The molecule has 124 valence electrons. The molecule has 0 amide bonds. The van der Waals surface area contributed by atoms with E-state index in [0.717, 1.165) is 50.9 Å². The minimum absolute atomic E-state index is 0.236. The first-order valence-corrected chi connectivity index (χ1v) is 8.90. The number of methoxy groups -OCH3 is 1. The number of aliphatic imine (C=N–C) groups is 1. The Bertz CT molecular complexity index is 302. The zero-order valence-electron chi connectivity index (χ0n) is 13.9. The van der Waals surface area contributed by atoms with Crippen LogP contribution in [-0.4, -0.2) is 62.5 Å². The van der Waals surface area contributed by atoms with Crippen LogP contribution in [0.3, 0.4) is 0 Å². The lowest BCUT2D eigenvalue weighted by Crippen LogP contribution is -2.45. The molecule has 5 nitrogen and oxygen atoms in total. The van der Waals surface area contributed by atoms with Gasteiger partial charge in [-0.2, -0.15) is 11.8 Å². The largest absolute Gasteiger partial charge is 0.383 e. The number of hydrogen-bond acceptors (Lipinski definition) is 4. The first-order chi connectivity index (χ1) is 10.2. The van der Waals surface area contributed by atoms with Gasteiger partial charge in [0.2, 0.25) is 0 Å². The number of ether oxygens (including phenoxy) is 2. The molecule has 1 unspecified atom stereocenters. The van der Waals surface area contributed by atoms with E-state index in [9.17, 15) is 0 Å². The number of thioether (sulfide) groups is 1. The molecule has 1 aliphatic heterocycles. The van der Waals surface area contributed by atoms with Crippen molar-refractivity contribution in [3.8, 4) is 0 Å². The Labute approximate surface area is 133 Å². The highest BCUT2D eigenvalue weighted by molar-refractivity contribution is 8.00. The molecule has 0 aliphatic carbocycles. The number of rotatable bonds is 8. The monoisotopic (exact) mass is 317 g/mol. The van der Waals surface area contributed by atoms with E-state index in [2.05, 4.69) is 31.4 Å². The molecule has 0 aromatic rings. The Morgan fingerprint density at radius 2 is 2.10 bits per heavy atom. The molecular formula is C15H31N3O2S. The van der Waals surface area contributed by atoms with Gasteiger partial charge in [-0.05, 0) is 32.4 Å². The average Bonchev–Trinajstić information content (AvgIpc) is 2.47. The minimum atomic E-state index is 0.236. The van der Waals surface area contributed by atoms with Gasteiger partial charge in [-0.3, -0.25) is 4.99 Å². The predicted molar refractivity (Wildman–Crippen MR) is 91.4 cm³/mol. The van der Waals surface area contributed by atoms with Crippen molar-refractivity contribution in [1.29, 1.82) is 0 Å². The van der Waals surface area contributed by atoms with Crippen LogP contribution < -0.4 is 10.6 Å². The maximum atomic E-state index is 5.51. The van der Waals surface area contributed by atoms with Crippen LogP contribution in [0.25, 0.3) is 0 Å². The molecule has 1 fully saturated rings. The van der Waals surface area contributed by atoms with Crippen molar-refractivity contribution >= 4 is 17.7 Å². The predicted octanol–water partition coefficient (Wildman–Crippen LogP) is 1.88. The smallest absolute Gasteiger partial charge is 0.191 e. The molecule has 0 aromatic heterocycles. The van der Waals surface area contributed by atoms with Gasteiger partial charge in [0.25, 0.3) is 0 Å². The van der Waals surface area contributed by atoms with Gasteiger partial charge in [0, 0.05) is 37.7 Å². The highest BCUT2D eigenvalue weighted by Gasteiger charge is 2.32. The van der Waals surface area contributed by atoms with Gasteiger partial charge in [-0.25, -0.2) is 0 Å². The average molecular weight is 317 g/mol. The van der Waals surface area contributed by atoms with E-state index >= 15 is 0 Å². The van der Waals surface area contributed by atoms with Crippen LogP contribution in [-0.2, 0) is 9.47 Å². The van der Waals surface area contributed by atoms with Gasteiger partial charge >= 0.3 is 0 Å². The van der Waals surface area contributed by atoms with E-state index in [1.807, 2.05) is 11.8 Å². The van der Waals surface area contributed by atoms with E-state index in [1.165, 1.54) is 0 Å². The summed E-state index contributed by atoms with van der Waals surface area (Å²) < 4.78 is 10.9. The molecule has 0 aromatic carbocycles. The molecule has 1 atom stereocenters. The molecular weight excluding hydrogens is 286 g/mol. The SMILES string of the molecule is CCNC(=NCC1(SCC)CCOCC1)NC(C)COC. The molecule has 0 radical (unpaired) electrons. The van der Waals surface area contributed by atoms with Gasteiger partial charge in [-0.15, -0.1) is 0 Å². The lowest BCUT2D eigenvalue weighted by atomic mass is 9.99. The van der Waals surface area contributed by atoms with Crippen molar-refractivity contribution in [2.75, 3.05) is 45.8 Å². The second kappa shape index (κ2) is 10.3. The zero-order valence-corrected chi connectivity index (χ0v) is 14.7. The number of hydrogen-bond donors (Lipinski definition) is 2. The van der Waals surface area contributed by atoms with Gasteiger partial charge in [0.05, 0.1) is 13.2 Å².